The van der Waals surface area contributed by atoms with Crippen LogP contribution in [0, 0.1) is 0 Å². The highest BCUT2D eigenvalue weighted by Gasteiger charge is 2.26. The Labute approximate surface area is 115 Å². The van der Waals surface area contributed by atoms with Crippen LogP contribution in [0.25, 0.3) is 0 Å². The van der Waals surface area contributed by atoms with Crippen molar-refractivity contribution in [2.45, 2.75) is 13.3 Å². The van der Waals surface area contributed by atoms with Crippen LogP contribution in [0.4, 0.5) is 5.13 Å². The zero-order valence-electron chi connectivity index (χ0n) is 11.0. The Morgan fingerprint density at radius 2 is 2.21 bits per heavy atom. The standard InChI is InChI=1S/C11H17N5O2S/c1-3-12-11-14-13-9(19-11)10(18)16-6-4-5-15(2)8(17)7-16/h3-7H2,1-2H3,(H,12,14). The van der Waals surface area contributed by atoms with Gasteiger partial charge in [-0.15, -0.1) is 10.2 Å². The summed E-state index contributed by atoms with van der Waals surface area (Å²) in [6.45, 7) is 4.06. The number of carbonyl (C=O) groups is 2. The fourth-order valence-corrected chi connectivity index (χ4v) is 2.61. The molecule has 104 valence electrons. The Bertz CT molecular complexity index is 475. The van der Waals surface area contributed by atoms with Crippen LogP contribution < -0.4 is 5.32 Å². The van der Waals surface area contributed by atoms with E-state index < -0.39 is 0 Å². The summed E-state index contributed by atoms with van der Waals surface area (Å²) in [5, 5.41) is 11.7. The Morgan fingerprint density at radius 3 is 2.95 bits per heavy atom. The number of hydrogen-bond donors (Lipinski definition) is 1. The lowest BCUT2D eigenvalue weighted by Gasteiger charge is -2.17. The molecule has 1 aromatic heterocycles. The highest BCUT2D eigenvalue weighted by atomic mass is 32.1. The van der Waals surface area contributed by atoms with Crippen LogP contribution in [0.15, 0.2) is 0 Å². The van der Waals surface area contributed by atoms with E-state index in [1.54, 1.807) is 16.8 Å². The zero-order valence-corrected chi connectivity index (χ0v) is 11.9. The van der Waals surface area contributed by atoms with Gasteiger partial charge < -0.3 is 15.1 Å². The monoisotopic (exact) mass is 283 g/mol. The topological polar surface area (TPSA) is 78.4 Å². The van der Waals surface area contributed by atoms with Crippen molar-refractivity contribution < 1.29 is 9.59 Å². The number of likely N-dealkylation sites (N-methyl/N-ethyl adjacent to an activating group) is 1. The number of nitrogens with one attached hydrogen (secondary N) is 1. The van der Waals surface area contributed by atoms with Crippen molar-refractivity contribution in [1.29, 1.82) is 0 Å². The van der Waals surface area contributed by atoms with Gasteiger partial charge in [-0.05, 0) is 13.3 Å². The number of nitrogens with zero attached hydrogens (tertiary/aromatic N) is 4. The lowest BCUT2D eigenvalue weighted by molar-refractivity contribution is -0.129. The first-order chi connectivity index (χ1) is 9.11. The van der Waals surface area contributed by atoms with Gasteiger partial charge in [-0.3, -0.25) is 9.59 Å². The number of rotatable bonds is 3. The predicted octanol–water partition coefficient (Wildman–Crippen LogP) is 0.274. The Balaban J connectivity index is 2.07. The molecule has 0 atom stereocenters. The average Bonchev–Trinajstić information content (AvgIpc) is 2.78. The van der Waals surface area contributed by atoms with Crippen molar-refractivity contribution >= 4 is 28.3 Å². The lowest BCUT2D eigenvalue weighted by atomic mass is 10.4. The van der Waals surface area contributed by atoms with Gasteiger partial charge in [0, 0.05) is 26.7 Å². The van der Waals surface area contributed by atoms with E-state index in [0.29, 0.717) is 23.2 Å². The molecule has 1 aliphatic rings. The van der Waals surface area contributed by atoms with Gasteiger partial charge in [0.05, 0.1) is 0 Å². The first-order valence-electron chi connectivity index (χ1n) is 6.22. The molecule has 2 heterocycles. The average molecular weight is 283 g/mol. The summed E-state index contributed by atoms with van der Waals surface area (Å²) in [4.78, 5) is 27.2. The van der Waals surface area contributed by atoms with Crippen molar-refractivity contribution in [3.8, 4) is 0 Å². The Kier molecular flexibility index (Phi) is 4.31. The van der Waals surface area contributed by atoms with Crippen LogP contribution in [0.5, 0.6) is 0 Å². The summed E-state index contributed by atoms with van der Waals surface area (Å²) >= 11 is 1.22. The van der Waals surface area contributed by atoms with Gasteiger partial charge in [0.1, 0.15) is 6.54 Å². The molecule has 2 amide bonds. The third kappa shape index (κ3) is 3.19. The summed E-state index contributed by atoms with van der Waals surface area (Å²) in [5.41, 5.74) is 0. The zero-order chi connectivity index (χ0) is 13.8. The van der Waals surface area contributed by atoms with E-state index in [9.17, 15) is 9.59 Å². The van der Waals surface area contributed by atoms with Crippen molar-refractivity contribution in [3.05, 3.63) is 5.01 Å². The molecule has 0 unspecified atom stereocenters. The van der Waals surface area contributed by atoms with Gasteiger partial charge in [-0.25, -0.2) is 0 Å². The first-order valence-corrected chi connectivity index (χ1v) is 7.04. The highest BCUT2D eigenvalue weighted by molar-refractivity contribution is 7.17. The third-order valence-electron chi connectivity index (χ3n) is 2.90. The van der Waals surface area contributed by atoms with Gasteiger partial charge in [0.25, 0.3) is 5.91 Å². The van der Waals surface area contributed by atoms with E-state index in [1.807, 2.05) is 6.92 Å². The van der Waals surface area contributed by atoms with Gasteiger partial charge >= 0.3 is 0 Å². The highest BCUT2D eigenvalue weighted by Crippen LogP contribution is 2.17. The molecule has 1 aliphatic heterocycles. The molecule has 1 aromatic rings. The van der Waals surface area contributed by atoms with E-state index in [4.69, 9.17) is 0 Å². The molecule has 1 saturated heterocycles. The smallest absolute Gasteiger partial charge is 0.285 e. The fourth-order valence-electron chi connectivity index (χ4n) is 1.83. The molecule has 8 heteroatoms. The number of hydrogen-bond acceptors (Lipinski definition) is 6. The number of carbonyl (C=O) groups excluding carboxylic acids is 2. The van der Waals surface area contributed by atoms with Crippen LogP contribution >= 0.6 is 11.3 Å². The molecule has 0 spiro atoms. The SMILES string of the molecule is CCNc1nnc(C(=O)N2CCCN(C)C(=O)C2)s1. The summed E-state index contributed by atoms with van der Waals surface area (Å²) in [7, 11) is 1.75. The van der Waals surface area contributed by atoms with E-state index >= 15 is 0 Å². The second-order valence-electron chi connectivity index (χ2n) is 4.34. The van der Waals surface area contributed by atoms with Crippen LogP contribution in [0.2, 0.25) is 0 Å². The first kappa shape index (κ1) is 13.7. The summed E-state index contributed by atoms with van der Waals surface area (Å²) < 4.78 is 0. The third-order valence-corrected chi connectivity index (χ3v) is 3.77. The van der Waals surface area contributed by atoms with Gasteiger partial charge in [0.15, 0.2) is 0 Å². The van der Waals surface area contributed by atoms with Gasteiger partial charge in [0.2, 0.25) is 16.0 Å². The lowest BCUT2D eigenvalue weighted by Crippen LogP contribution is -2.38. The van der Waals surface area contributed by atoms with Crippen LogP contribution in [0.3, 0.4) is 0 Å². The largest absolute Gasteiger partial charge is 0.360 e. The molecular weight excluding hydrogens is 266 g/mol. The molecule has 0 bridgehead atoms. The molecule has 2 rings (SSSR count). The quantitative estimate of drug-likeness (QED) is 0.861. The summed E-state index contributed by atoms with van der Waals surface area (Å²) in [5.74, 6) is -0.257. The number of aromatic nitrogens is 2. The summed E-state index contributed by atoms with van der Waals surface area (Å²) in [6, 6.07) is 0. The molecular formula is C11H17N5O2S. The van der Waals surface area contributed by atoms with Crippen molar-refractivity contribution in [1.82, 2.24) is 20.0 Å². The normalized spacial score (nSPS) is 16.4. The molecule has 1 N–H and O–H groups in total. The molecule has 0 aromatic carbocycles. The fraction of sp³-hybridized carbons (Fsp3) is 0.636. The maximum absolute atomic E-state index is 12.3. The molecule has 0 aliphatic carbocycles. The second kappa shape index (κ2) is 5.96. The van der Waals surface area contributed by atoms with E-state index in [1.165, 1.54) is 11.3 Å². The Hall–Kier alpha value is -1.70. The van der Waals surface area contributed by atoms with Crippen LogP contribution in [-0.4, -0.2) is 65.0 Å². The maximum Gasteiger partial charge on any atom is 0.285 e. The van der Waals surface area contributed by atoms with Crippen molar-refractivity contribution in [3.63, 3.8) is 0 Å². The molecule has 0 saturated carbocycles. The minimum Gasteiger partial charge on any atom is -0.360 e. The second-order valence-corrected chi connectivity index (χ2v) is 5.32. The maximum atomic E-state index is 12.3. The number of anilines is 1. The molecule has 0 radical (unpaired) electrons. The van der Waals surface area contributed by atoms with Crippen LogP contribution in [0.1, 0.15) is 23.1 Å². The number of amides is 2. The van der Waals surface area contributed by atoms with Gasteiger partial charge in [-0.1, -0.05) is 11.3 Å². The molecule has 1 fully saturated rings. The van der Waals surface area contributed by atoms with Crippen molar-refractivity contribution in [2.75, 3.05) is 38.5 Å². The van der Waals surface area contributed by atoms with E-state index in [-0.39, 0.29) is 18.4 Å². The summed E-state index contributed by atoms with van der Waals surface area (Å²) in [6.07, 6.45) is 0.785. The Morgan fingerprint density at radius 1 is 1.42 bits per heavy atom. The van der Waals surface area contributed by atoms with Gasteiger partial charge in [-0.2, -0.15) is 0 Å². The van der Waals surface area contributed by atoms with E-state index in [0.717, 1.165) is 13.0 Å². The van der Waals surface area contributed by atoms with Crippen molar-refractivity contribution in [2.24, 2.45) is 0 Å². The predicted molar refractivity (Wildman–Crippen MR) is 72.2 cm³/mol. The van der Waals surface area contributed by atoms with Crippen LogP contribution in [-0.2, 0) is 4.79 Å². The molecule has 19 heavy (non-hydrogen) atoms. The molecule has 7 nitrogen and oxygen atoms in total. The minimum absolute atomic E-state index is 0.0396. The minimum atomic E-state index is -0.217. The van der Waals surface area contributed by atoms with E-state index in [2.05, 4.69) is 15.5 Å².